The first-order valence-corrected chi connectivity index (χ1v) is 22.9. The molecule has 1 aliphatic heterocycles. The average molecular weight is 947 g/mol. The number of nitrogen functional groups attached to an aromatic ring is 1. The van der Waals surface area contributed by atoms with E-state index in [2.05, 4.69) is 56.2 Å². The monoisotopic (exact) mass is 946 g/mol. The first-order valence-electron chi connectivity index (χ1n) is 20.4. The zero-order valence-corrected chi connectivity index (χ0v) is 40.3. The first kappa shape index (κ1) is 50.8. The molecule has 1 atom stereocenters. The van der Waals surface area contributed by atoms with E-state index < -0.39 is 23.5 Å². The van der Waals surface area contributed by atoms with Crippen LogP contribution in [0.4, 0.5) is 11.6 Å². The number of anilines is 2. The molecule has 66 heavy (non-hydrogen) atoms. The van der Waals surface area contributed by atoms with Crippen molar-refractivity contribution in [1.29, 1.82) is 0 Å². The molecule has 0 aliphatic carbocycles. The number of methoxy groups -OCH3 is 1. The number of aromatic amines is 3. The number of H-pyrrole nitrogens is 3. The van der Waals surface area contributed by atoms with Crippen LogP contribution in [0, 0.1) is 13.8 Å². The van der Waals surface area contributed by atoms with Gasteiger partial charge in [-0.3, -0.25) is 29.0 Å². The van der Waals surface area contributed by atoms with Crippen LogP contribution in [-0.4, -0.2) is 103 Å². The van der Waals surface area contributed by atoms with E-state index in [0.717, 1.165) is 22.7 Å². The Balaban J connectivity index is 0.00000817. The van der Waals surface area contributed by atoms with E-state index >= 15 is 0 Å². The van der Waals surface area contributed by atoms with Gasteiger partial charge in [0.1, 0.15) is 11.5 Å². The Bertz CT molecular complexity index is 2720. The smallest absolute Gasteiger partial charge is 0.548 e. The van der Waals surface area contributed by atoms with E-state index in [1.807, 2.05) is 44.3 Å². The Hall–Kier alpha value is -6.20. The van der Waals surface area contributed by atoms with Crippen molar-refractivity contribution in [3.63, 3.8) is 0 Å². The summed E-state index contributed by atoms with van der Waals surface area (Å²) in [5.74, 6) is -1.22. The van der Waals surface area contributed by atoms with Crippen LogP contribution in [-0.2, 0) is 25.7 Å². The number of carboxylic acid groups (broad SMARTS) is 1. The number of fused-ring (bicyclic) bond motifs is 1. The van der Waals surface area contributed by atoms with Gasteiger partial charge in [-0.25, -0.2) is 15.0 Å². The van der Waals surface area contributed by atoms with Gasteiger partial charge in [-0.15, -0.1) is 0 Å². The van der Waals surface area contributed by atoms with Gasteiger partial charge in [0.2, 0.25) is 17.8 Å². The number of aryl methyl sites for hydroxylation is 1. The molecule has 9 N–H and O–H groups in total. The van der Waals surface area contributed by atoms with Gasteiger partial charge in [-0.1, -0.05) is 21.6 Å². The fourth-order valence-electron chi connectivity index (χ4n) is 6.65. The number of amides is 3. The zero-order chi connectivity index (χ0) is 46.5. The minimum Gasteiger partial charge on any atom is -0.548 e. The number of ketones is 1. The number of nitrogens with one attached hydrogen (secondary N) is 7. The van der Waals surface area contributed by atoms with Crippen molar-refractivity contribution in [2.75, 3.05) is 42.8 Å². The van der Waals surface area contributed by atoms with Gasteiger partial charge in [0.15, 0.2) is 16.9 Å². The molecule has 1 aromatic carbocycles. The van der Waals surface area contributed by atoms with Crippen LogP contribution >= 0.6 is 21.6 Å². The summed E-state index contributed by atoms with van der Waals surface area (Å²) in [4.78, 5) is 101. The molecule has 6 rings (SSSR count). The number of allylic oxidation sites excluding steroid dienone is 1. The summed E-state index contributed by atoms with van der Waals surface area (Å²) in [5, 5.41) is 22.9. The molecule has 0 unspecified atom stereocenters. The molecule has 3 amide bonds. The number of aromatic nitrogens is 6. The third kappa shape index (κ3) is 13.9. The van der Waals surface area contributed by atoms with Crippen molar-refractivity contribution in [2.24, 2.45) is 4.99 Å². The number of nitrogens with zero attached hydrogens (tertiary/aromatic N) is 4. The Kier molecular flexibility index (Phi) is 18.7. The van der Waals surface area contributed by atoms with Gasteiger partial charge in [-0.05, 0) is 68.3 Å². The summed E-state index contributed by atoms with van der Waals surface area (Å²) in [6.07, 6.45) is 6.74. The number of hydrogen-bond acceptors (Lipinski definition) is 16. The Morgan fingerprint density at radius 1 is 0.955 bits per heavy atom. The number of Topliss-reactive ketones (excluding diaryl/α,β-unsaturated/α-hetero) is 1. The molecule has 23 heteroatoms. The van der Waals surface area contributed by atoms with Crippen LogP contribution in [0.25, 0.3) is 17.2 Å². The van der Waals surface area contributed by atoms with Crippen LogP contribution in [0.15, 0.2) is 76.1 Å². The van der Waals surface area contributed by atoms with E-state index in [1.54, 1.807) is 19.2 Å². The van der Waals surface area contributed by atoms with E-state index in [-0.39, 0.29) is 102 Å². The number of ether oxygens (including phenoxy) is 1. The van der Waals surface area contributed by atoms with Gasteiger partial charge in [0.25, 0.3) is 11.5 Å². The summed E-state index contributed by atoms with van der Waals surface area (Å²) in [6.45, 7) is 4.61. The summed E-state index contributed by atoms with van der Waals surface area (Å²) in [7, 11) is 4.58. The molecule has 0 saturated carbocycles. The van der Waals surface area contributed by atoms with Gasteiger partial charge in [-0.2, -0.15) is 4.98 Å². The van der Waals surface area contributed by atoms with E-state index in [4.69, 9.17) is 10.5 Å². The second kappa shape index (κ2) is 24.4. The number of aliphatic imine (C=N–C) groups is 1. The molecule has 340 valence electrons. The van der Waals surface area contributed by atoms with Crippen molar-refractivity contribution in [3.05, 3.63) is 116 Å². The van der Waals surface area contributed by atoms with Crippen molar-refractivity contribution < 1.29 is 63.4 Å². The summed E-state index contributed by atoms with van der Waals surface area (Å²) in [5.41, 5.74) is 11.4. The number of aliphatic carboxylic acids is 1. The molecule has 0 bridgehead atoms. The van der Waals surface area contributed by atoms with Gasteiger partial charge in [0, 0.05) is 84.3 Å². The molecule has 0 spiro atoms. The topological polar surface area (TPSA) is 307 Å². The fraction of sp³-hybridized carbons (Fsp3) is 0.302. The van der Waals surface area contributed by atoms with E-state index in [1.165, 1.54) is 39.9 Å². The summed E-state index contributed by atoms with van der Waals surface area (Å²) < 4.78 is 5.53. The second-order valence-electron chi connectivity index (χ2n) is 14.6. The minimum absolute atomic E-state index is 0. The van der Waals surface area contributed by atoms with E-state index in [0.29, 0.717) is 58.7 Å². The third-order valence-electron chi connectivity index (χ3n) is 9.93. The summed E-state index contributed by atoms with van der Waals surface area (Å²) in [6, 6.07) is 8.63. The number of rotatable bonds is 23. The number of nitrogens with two attached hydrogens (primary N) is 1. The molecular formula is C43H47N12NaO8S2. The molecular weight excluding hydrogens is 900 g/mol. The fourth-order valence-corrected chi connectivity index (χ4v) is 8.46. The standard InChI is InChI=1S/C43H48N12O8S2.Na/c1-23-30(19-32-34(63-3)20-31(52-32)28-5-4-14-45-28)50-24(2)37(23)33(56)11-13-36(58)47-16-18-65-64-17-15-46-35(57)12-10-29(42(61)62)53-40(59)25-6-8-26(9-7-25)48-21-27-22-49-39-38(51-27)41(60)55-43(44)54-39;/h4-9,14,19-20,22,29,45,48,50H,10-13,15-18,21H2,1-3H3,(H,46,57)(H,47,58)(H,53,59)(H,61,62)(H3,44,49,54,55,60);/q;+1/p-1/b32-19-;/t29-;/m0./s1. The summed E-state index contributed by atoms with van der Waals surface area (Å²) >= 11 is 0. The van der Waals surface area contributed by atoms with Crippen LogP contribution in [0.5, 0.6) is 0 Å². The number of carbonyl (C=O) groups is 5. The third-order valence-corrected chi connectivity index (χ3v) is 12.3. The van der Waals surface area contributed by atoms with Crippen LogP contribution in [0.3, 0.4) is 0 Å². The molecule has 5 heterocycles. The average Bonchev–Trinajstić information content (AvgIpc) is 4.04. The van der Waals surface area contributed by atoms with Gasteiger partial charge >= 0.3 is 29.6 Å². The predicted octanol–water partition coefficient (Wildman–Crippen LogP) is -0.536. The number of benzene rings is 1. The van der Waals surface area contributed by atoms with Crippen LogP contribution < -0.4 is 67.2 Å². The Morgan fingerprint density at radius 3 is 2.33 bits per heavy atom. The minimum atomic E-state index is -1.52. The molecule has 0 saturated heterocycles. The van der Waals surface area contributed by atoms with Crippen LogP contribution in [0.1, 0.15) is 74.7 Å². The van der Waals surface area contributed by atoms with Gasteiger partial charge in [0.05, 0.1) is 49.0 Å². The van der Waals surface area contributed by atoms with Crippen molar-refractivity contribution in [1.82, 2.24) is 45.9 Å². The Morgan fingerprint density at radius 2 is 1.67 bits per heavy atom. The Labute approximate surface area is 408 Å². The molecule has 4 aromatic heterocycles. The van der Waals surface area contributed by atoms with Crippen LogP contribution in [0.2, 0.25) is 0 Å². The molecule has 20 nitrogen and oxygen atoms in total. The van der Waals surface area contributed by atoms with Crippen molar-refractivity contribution in [2.45, 2.75) is 52.1 Å². The van der Waals surface area contributed by atoms with Gasteiger partial charge < -0.3 is 51.6 Å². The molecule has 5 aromatic rings. The predicted molar refractivity (Wildman–Crippen MR) is 247 cm³/mol. The SMILES string of the molecule is COC1=CC(c2ccc[nH]2)=N/C1=C\c1[nH]c(C)c(C(=O)CCC(=O)NCCSSCCNC(=O)CC[C@H](NC(=O)c2ccc(NCc3cnc4nc(N)[nH]c(=O)c4n3)cc2)C(=O)[O-])c1C.[Na+]. The van der Waals surface area contributed by atoms with Crippen molar-refractivity contribution >= 4 is 85.6 Å². The van der Waals surface area contributed by atoms with Crippen molar-refractivity contribution in [3.8, 4) is 0 Å². The maximum Gasteiger partial charge on any atom is 1.00 e. The molecule has 1 aliphatic rings. The molecule has 0 radical (unpaired) electrons. The maximum absolute atomic E-state index is 13.2. The second-order valence-corrected chi connectivity index (χ2v) is 17.3. The number of hydrogen-bond donors (Lipinski definition) is 8. The quantitative estimate of drug-likeness (QED) is 0.0177. The molecule has 0 fully saturated rings. The number of carboxylic acids is 1. The largest absolute Gasteiger partial charge is 1.00 e. The first-order chi connectivity index (χ1) is 31.3. The normalized spacial score (nSPS) is 13.0. The number of carbonyl (C=O) groups excluding carboxylic acids is 5. The zero-order valence-electron chi connectivity index (χ0n) is 36.7. The van der Waals surface area contributed by atoms with E-state index in [9.17, 15) is 33.9 Å². The maximum atomic E-state index is 13.2.